The van der Waals surface area contributed by atoms with Crippen LogP contribution < -0.4 is 38.4 Å². The summed E-state index contributed by atoms with van der Waals surface area (Å²) in [6.07, 6.45) is 22.6. The molecule has 5 aliphatic rings. The highest BCUT2D eigenvalue weighted by molar-refractivity contribution is 9.11. The molecule has 5 aliphatic heterocycles. The van der Waals surface area contributed by atoms with E-state index in [2.05, 4.69) is 110 Å². The number of nitrogens with two attached hydrogens (primary N) is 1. The number of nitrogens with zero attached hydrogens (tertiary/aromatic N) is 11. The van der Waals surface area contributed by atoms with Crippen molar-refractivity contribution >= 4 is 145 Å². The standard InChI is InChI=1S/C21H25BrN4O3.C16H17BrN4O.C15H19N3O4.C15H21N3O2.C6H5Br2NO.C3H4O2/c1-21(2,3)29-20(28)26-9-7-14(8-10-26)15-5-6-18(23-12-15)24-17-11-16(22)13-25(4)19(17)27;1-21-10-13(17)8-14(16(21)22)20-15-3-2-12(9-19-15)11-4-6-18-7-5-11;1-15(2,3)22-14(19)17-8-6-11(7-9-17)12-4-5-13(16-10-12)18(20)21;1-15(2,3)20-14(19)18-8-6-11(7-9-18)12-4-5-13(16)17-10-12;1-9-3-4(7)2-5(8)6(9)10;4-3-1-5-2-3/h5-7,11-13H,8-10H2,1-4H3,(H,23,24);2-4,8-10,18H,5-7H2,1H3,(H,19,20);4-6,10H,7-9H2,1-3H3;4-6,10H,7-9H2,1-3H3,(H2,16,17);2-3H,1H3;1-2H2. The number of carbonyl (C=O) groups excluding carboxylic acids is 4. The van der Waals surface area contributed by atoms with Crippen LogP contribution in [0.4, 0.5) is 49.0 Å². The number of nitrogen functional groups attached to an aromatic ring is 1. The molecule has 0 aliphatic carbocycles. The molecule has 0 atom stereocenters. The van der Waals surface area contributed by atoms with Crippen LogP contribution in [0.3, 0.4) is 0 Å². The predicted molar refractivity (Wildman–Crippen MR) is 433 cm³/mol. The number of ketones is 1. The molecule has 576 valence electrons. The maximum atomic E-state index is 12.2. The number of aromatic nitrogens is 7. The van der Waals surface area contributed by atoms with E-state index in [0.29, 0.717) is 92.2 Å². The molecular weight excluding hydrogens is 1650 g/mol. The highest BCUT2D eigenvalue weighted by Crippen LogP contribution is 2.29. The Balaban J connectivity index is 0.000000189. The Labute approximate surface area is 660 Å². The van der Waals surface area contributed by atoms with Gasteiger partial charge in [0.2, 0.25) is 0 Å². The van der Waals surface area contributed by atoms with Crippen molar-refractivity contribution in [2.45, 2.75) is 105 Å². The molecule has 0 bridgehead atoms. The van der Waals surface area contributed by atoms with Gasteiger partial charge in [0.05, 0.1) is 4.47 Å². The Kier molecular flexibility index (Phi) is 31.4. The number of aryl methyl sites for hydroxylation is 3. The van der Waals surface area contributed by atoms with Crippen LogP contribution in [-0.2, 0) is 44.9 Å². The first-order valence-corrected chi connectivity index (χ1v) is 37.6. The van der Waals surface area contributed by atoms with Crippen molar-refractivity contribution < 1.29 is 43.0 Å². The number of nitro groups is 1. The molecule has 0 spiro atoms. The van der Waals surface area contributed by atoms with Crippen molar-refractivity contribution in [3.63, 3.8) is 0 Å². The van der Waals surface area contributed by atoms with Gasteiger partial charge in [0.15, 0.2) is 5.78 Å². The van der Waals surface area contributed by atoms with Crippen LogP contribution in [0.2, 0.25) is 0 Å². The van der Waals surface area contributed by atoms with Crippen molar-refractivity contribution in [2.24, 2.45) is 21.1 Å². The zero-order chi connectivity index (χ0) is 79.2. The van der Waals surface area contributed by atoms with E-state index < -0.39 is 21.7 Å². The van der Waals surface area contributed by atoms with Crippen LogP contribution in [0, 0.1) is 10.1 Å². The number of rotatable bonds is 9. The lowest BCUT2D eigenvalue weighted by molar-refractivity contribution is -0.389. The number of halogens is 4. The van der Waals surface area contributed by atoms with Gasteiger partial charge < -0.3 is 79.1 Å². The number of hydrogen-bond acceptors (Lipinski definition) is 21. The summed E-state index contributed by atoms with van der Waals surface area (Å²) in [6, 6.07) is 19.8. The third-order valence-electron chi connectivity index (χ3n) is 15.8. The highest BCUT2D eigenvalue weighted by Gasteiger charge is 2.28. The number of carbonyl (C=O) groups is 4. The van der Waals surface area contributed by atoms with Gasteiger partial charge in [-0.3, -0.25) is 19.2 Å². The minimum absolute atomic E-state index is 0.0248. The Morgan fingerprint density at radius 3 is 1.17 bits per heavy atom. The normalized spacial score (nSPS) is 14.8. The summed E-state index contributed by atoms with van der Waals surface area (Å²) in [5, 5.41) is 20.0. The zero-order valence-electron chi connectivity index (χ0n) is 62.4. The molecule has 28 nitrogen and oxygen atoms in total. The number of anilines is 5. The number of ether oxygens (including phenoxy) is 4. The molecule has 32 heteroatoms. The third kappa shape index (κ3) is 28.0. The van der Waals surface area contributed by atoms with Crippen LogP contribution in [0.1, 0.15) is 110 Å². The molecule has 7 aromatic rings. The van der Waals surface area contributed by atoms with Crippen molar-refractivity contribution in [3.8, 4) is 0 Å². The Hall–Kier alpha value is -9.47. The molecule has 0 aromatic carbocycles. The summed E-state index contributed by atoms with van der Waals surface area (Å²) < 4.78 is 28.3. The first-order chi connectivity index (χ1) is 50.9. The molecule has 12 rings (SSSR count). The Morgan fingerprint density at radius 2 is 0.880 bits per heavy atom. The number of pyridine rings is 7. The second-order valence-electron chi connectivity index (χ2n) is 28.1. The molecule has 1 saturated heterocycles. The van der Waals surface area contributed by atoms with E-state index in [1.165, 1.54) is 37.1 Å². The SMILES string of the molecule is CC(C)(C)OC(=O)N1CC=C(c2ccc(N)nc2)CC1.CC(C)(C)OC(=O)N1CC=C(c2ccc([N+](=O)[O-])nc2)CC1.Cn1cc(Br)cc(Br)c1=O.Cn1cc(Br)cc(Nc2ccc(C3=CCN(C(=O)OC(C)(C)C)CC3)cn2)c1=O.Cn1cc(Br)cc(Nc2ccc(C3=CCNCC3)cn2)c1=O.O=C1COC1. The second-order valence-corrected chi connectivity index (χ2v) is 31.7. The van der Waals surface area contributed by atoms with Gasteiger partial charge in [0.25, 0.3) is 16.7 Å². The van der Waals surface area contributed by atoms with Crippen molar-refractivity contribution in [2.75, 3.05) is 81.9 Å². The van der Waals surface area contributed by atoms with Crippen molar-refractivity contribution in [1.82, 2.24) is 53.7 Å². The van der Waals surface area contributed by atoms with Gasteiger partial charge in [-0.2, -0.15) is 0 Å². The van der Waals surface area contributed by atoms with E-state index in [-0.39, 0.29) is 46.6 Å². The molecule has 0 unspecified atom stereocenters. The van der Waals surface area contributed by atoms with E-state index >= 15 is 0 Å². The van der Waals surface area contributed by atoms with E-state index in [9.17, 15) is 43.7 Å². The lowest BCUT2D eigenvalue weighted by Crippen LogP contribution is -2.39. The quantitative estimate of drug-likeness (QED) is 0.0592. The lowest BCUT2D eigenvalue weighted by atomic mass is 10.0. The average molecular weight is 1740 g/mol. The number of Topliss-reactive ketones (excluding diaryl/α,β-unsaturated/α-hetero) is 1. The van der Waals surface area contributed by atoms with Crippen molar-refractivity contribution in [3.05, 3.63) is 216 Å². The summed E-state index contributed by atoms with van der Waals surface area (Å²) >= 11 is 13.2. The van der Waals surface area contributed by atoms with Crippen LogP contribution in [0.25, 0.3) is 22.3 Å². The monoisotopic (exact) mass is 1740 g/mol. The molecule has 108 heavy (non-hydrogen) atoms. The van der Waals surface area contributed by atoms with Gasteiger partial charge >= 0.3 is 24.1 Å². The number of hydrogen-bond donors (Lipinski definition) is 4. The maximum absolute atomic E-state index is 12.2. The topological polar surface area (TPSA) is 338 Å². The Bertz CT molecular complexity index is 4610. The minimum atomic E-state index is -0.525. The number of amides is 3. The van der Waals surface area contributed by atoms with Crippen LogP contribution in [0.15, 0.2) is 167 Å². The van der Waals surface area contributed by atoms with Gasteiger partial charge in [-0.15, -0.1) is 0 Å². The van der Waals surface area contributed by atoms with Gasteiger partial charge in [-0.25, -0.2) is 29.3 Å². The van der Waals surface area contributed by atoms with Gasteiger partial charge in [0.1, 0.15) is 65.0 Å². The molecule has 12 heterocycles. The summed E-state index contributed by atoms with van der Waals surface area (Å²) in [7, 11) is 5.13. The summed E-state index contributed by atoms with van der Waals surface area (Å²) in [6.45, 7) is 22.7. The first-order valence-electron chi connectivity index (χ1n) is 34.4. The van der Waals surface area contributed by atoms with E-state index in [0.717, 1.165) is 79.2 Å². The third-order valence-corrected chi connectivity index (χ3v) is 17.7. The largest absolute Gasteiger partial charge is 0.444 e. The average Bonchev–Trinajstić information content (AvgIpc) is 0.842. The summed E-state index contributed by atoms with van der Waals surface area (Å²) in [5.74, 6) is 1.81. The second kappa shape index (κ2) is 39.6. The number of nitrogens with one attached hydrogen (secondary N) is 3. The predicted octanol–water partition coefficient (Wildman–Crippen LogP) is 14.2. The van der Waals surface area contributed by atoms with Gasteiger partial charge in [0, 0.05) is 129 Å². The van der Waals surface area contributed by atoms with Crippen LogP contribution in [-0.4, -0.2) is 160 Å². The van der Waals surface area contributed by atoms with E-state index in [4.69, 9.17) is 19.9 Å². The first kappa shape index (κ1) is 85.8. The smallest absolute Gasteiger partial charge is 0.410 e. The maximum Gasteiger partial charge on any atom is 0.410 e. The van der Waals surface area contributed by atoms with Gasteiger partial charge in [-0.05, 0) is 268 Å². The molecule has 5 N–H and O–H groups in total. The van der Waals surface area contributed by atoms with Crippen LogP contribution in [0.5, 0.6) is 0 Å². The fourth-order valence-electron chi connectivity index (χ4n) is 10.4. The lowest BCUT2D eigenvalue weighted by Gasteiger charge is -2.29. The fourth-order valence-corrected chi connectivity index (χ4v) is 12.8. The summed E-state index contributed by atoms with van der Waals surface area (Å²) in [4.78, 5) is 113. The minimum Gasteiger partial charge on any atom is -0.444 e. The van der Waals surface area contributed by atoms with Gasteiger partial charge in [-0.1, -0.05) is 24.3 Å². The molecular formula is C76H91Br4N15O13. The highest BCUT2D eigenvalue weighted by atomic mass is 79.9. The molecule has 7 aromatic heterocycles. The van der Waals surface area contributed by atoms with E-state index in [1.54, 1.807) is 97.2 Å². The molecule has 3 amide bonds. The Morgan fingerprint density at radius 1 is 0.519 bits per heavy atom. The zero-order valence-corrected chi connectivity index (χ0v) is 68.8. The molecule has 0 saturated carbocycles. The molecule has 1 fully saturated rings. The molecule has 0 radical (unpaired) electrons. The summed E-state index contributed by atoms with van der Waals surface area (Å²) in [5.41, 5.74) is 13.5. The van der Waals surface area contributed by atoms with Crippen LogP contribution >= 0.6 is 63.7 Å². The van der Waals surface area contributed by atoms with Crippen molar-refractivity contribution in [1.29, 1.82) is 0 Å². The fraction of sp³-hybridized carbons (Fsp3) is 0.382. The van der Waals surface area contributed by atoms with E-state index in [1.807, 2.05) is 117 Å².